The molecule has 2 saturated heterocycles. The number of likely N-dealkylation sites (tertiary alicyclic amines) is 1. The van der Waals surface area contributed by atoms with Gasteiger partial charge in [0.15, 0.2) is 0 Å². The Morgan fingerprint density at radius 3 is 1.88 bits per heavy atom. The van der Waals surface area contributed by atoms with Gasteiger partial charge in [-0.15, -0.1) is 0 Å². The molecule has 14 nitrogen and oxygen atoms in total. The van der Waals surface area contributed by atoms with E-state index >= 15 is 0 Å². The first-order chi connectivity index (χ1) is 36.1. The van der Waals surface area contributed by atoms with E-state index in [0.29, 0.717) is 52.2 Å². The van der Waals surface area contributed by atoms with Crippen molar-refractivity contribution in [3.8, 4) is 11.3 Å². The molecule has 14 heteroatoms. The Labute approximate surface area is 433 Å². The second-order valence-corrected chi connectivity index (χ2v) is 19.2. The minimum Gasteiger partial charge on any atom is -0.324 e. The van der Waals surface area contributed by atoms with Gasteiger partial charge in [0.1, 0.15) is 0 Å². The minimum atomic E-state index is -0.193. The number of aryl methyl sites for hydroxylation is 2. The van der Waals surface area contributed by atoms with E-state index in [4.69, 9.17) is 10.4 Å². The normalized spacial score (nSPS) is 15.1. The molecule has 6 N–H and O–H groups in total. The van der Waals surface area contributed by atoms with Crippen molar-refractivity contribution in [1.29, 1.82) is 5.41 Å². The SMILES string of the molecule is Cc1ccc(C(=O)Nc2ccc(C3CCNCC3)cc2)cc1Nc1nccc(/C(C=N)=C/C=C\CCC(C)N2CCC(c3ccc(NC(=O)c4ccc(C)c(Nc5nccc(-c6cccnc6)n5)c4)cc3)CC2)n1. The maximum Gasteiger partial charge on any atom is 0.255 e. The molecule has 9 rings (SSSR count). The van der Waals surface area contributed by atoms with Gasteiger partial charge in [0.2, 0.25) is 11.9 Å². The summed E-state index contributed by atoms with van der Waals surface area (Å²) >= 11 is 0. The zero-order valence-electron chi connectivity index (χ0n) is 42.3. The lowest BCUT2D eigenvalue weighted by Crippen LogP contribution is -2.39. The number of anilines is 6. The van der Waals surface area contributed by atoms with Gasteiger partial charge in [-0.25, -0.2) is 19.9 Å². The quantitative estimate of drug-likeness (QED) is 0.0355. The highest BCUT2D eigenvalue weighted by molar-refractivity contribution is 6.08. The second kappa shape index (κ2) is 24.5. The largest absolute Gasteiger partial charge is 0.324 e. The van der Waals surface area contributed by atoms with Crippen LogP contribution < -0.4 is 26.6 Å². The van der Waals surface area contributed by atoms with Crippen molar-refractivity contribution in [2.75, 3.05) is 47.4 Å². The first-order valence-corrected chi connectivity index (χ1v) is 25.6. The van der Waals surface area contributed by atoms with Crippen LogP contribution in [0.25, 0.3) is 16.8 Å². The fraction of sp³-hybridized carbons (Fsp3) is 0.267. The molecule has 0 saturated carbocycles. The van der Waals surface area contributed by atoms with E-state index < -0.39 is 0 Å². The molecule has 3 aromatic heterocycles. The summed E-state index contributed by atoms with van der Waals surface area (Å²) in [5.41, 5.74) is 11.5. The van der Waals surface area contributed by atoms with Gasteiger partial charge in [-0.1, -0.05) is 54.6 Å². The molecule has 0 bridgehead atoms. The van der Waals surface area contributed by atoms with E-state index in [1.54, 1.807) is 30.9 Å². The number of aromatic nitrogens is 5. The van der Waals surface area contributed by atoms with Gasteiger partial charge in [0, 0.05) is 82.1 Å². The molecule has 2 fully saturated rings. The van der Waals surface area contributed by atoms with Gasteiger partial charge in [-0.05, 0) is 192 Å². The molecule has 74 heavy (non-hydrogen) atoms. The number of hydrogen-bond donors (Lipinski definition) is 6. The molecule has 5 heterocycles. The standard InChI is InChI=1S/C60H64N12O2/c1-40-11-13-47(57(73)66-51-19-15-43(16-20-51)45-23-30-62-31-24-45)36-55(40)70-59-64-32-25-53(68-59)49(38-61)9-6-4-5-8-42(3)72-34-27-46(28-35-72)44-17-21-52(22-18-44)67-58(74)48-14-12-41(2)56(37-48)71-60-65-33-26-54(69-60)50-10-7-29-63-39-50/h4,6-7,9-22,25-26,29,32-33,36-39,42,45-46,61-62H,5,8,23-24,27-28,30-31,34-35H2,1-3H3,(H,66,73)(H,67,74)(H,64,68,70)(H,65,69,71)/b6-4-,49-9+,61-38?. The molecule has 0 spiro atoms. The van der Waals surface area contributed by atoms with Crippen LogP contribution in [-0.2, 0) is 0 Å². The summed E-state index contributed by atoms with van der Waals surface area (Å²) < 4.78 is 0. The summed E-state index contributed by atoms with van der Waals surface area (Å²) in [6, 6.07) is 35.5. The second-order valence-electron chi connectivity index (χ2n) is 19.2. The molecule has 376 valence electrons. The number of piperidine rings is 2. The third-order valence-corrected chi connectivity index (χ3v) is 14.1. The number of amides is 2. The van der Waals surface area contributed by atoms with Gasteiger partial charge in [-0.2, -0.15) is 0 Å². The third-order valence-electron chi connectivity index (χ3n) is 14.1. The van der Waals surface area contributed by atoms with E-state index in [2.05, 4.69) is 88.7 Å². The van der Waals surface area contributed by atoms with Crippen LogP contribution >= 0.6 is 0 Å². The van der Waals surface area contributed by atoms with E-state index in [1.165, 1.54) is 17.3 Å². The van der Waals surface area contributed by atoms with E-state index in [0.717, 1.165) is 110 Å². The predicted octanol–water partition coefficient (Wildman–Crippen LogP) is 12.0. The van der Waals surface area contributed by atoms with Crippen molar-refractivity contribution in [1.82, 2.24) is 35.1 Å². The van der Waals surface area contributed by atoms with Crippen molar-refractivity contribution >= 4 is 58.2 Å². The average Bonchev–Trinajstić information content (AvgIpc) is 3.44. The van der Waals surface area contributed by atoms with Crippen LogP contribution in [0.2, 0.25) is 0 Å². The zero-order valence-corrected chi connectivity index (χ0v) is 42.3. The van der Waals surface area contributed by atoms with Gasteiger partial charge < -0.3 is 36.9 Å². The van der Waals surface area contributed by atoms with Crippen molar-refractivity contribution in [2.45, 2.75) is 77.2 Å². The topological polar surface area (TPSA) is 186 Å². The summed E-state index contributed by atoms with van der Waals surface area (Å²) in [5.74, 6) is 1.46. The van der Waals surface area contributed by atoms with Crippen LogP contribution in [0.5, 0.6) is 0 Å². The van der Waals surface area contributed by atoms with Crippen LogP contribution in [0.3, 0.4) is 0 Å². The summed E-state index contributed by atoms with van der Waals surface area (Å²) in [4.78, 5) is 51.7. The molecule has 2 aliphatic heterocycles. The summed E-state index contributed by atoms with van der Waals surface area (Å²) in [7, 11) is 0. The highest BCUT2D eigenvalue weighted by atomic mass is 16.2. The molecule has 1 atom stereocenters. The van der Waals surface area contributed by atoms with E-state index in [-0.39, 0.29) is 11.8 Å². The van der Waals surface area contributed by atoms with E-state index in [1.807, 2.05) is 105 Å². The highest BCUT2D eigenvalue weighted by Gasteiger charge is 2.24. The summed E-state index contributed by atoms with van der Waals surface area (Å²) in [6.45, 7) is 10.4. The number of carbonyl (C=O) groups is 2. The maximum absolute atomic E-state index is 13.4. The fourth-order valence-electron chi connectivity index (χ4n) is 9.62. The van der Waals surface area contributed by atoms with Crippen LogP contribution in [0, 0.1) is 19.3 Å². The molecular weight excluding hydrogens is 921 g/mol. The van der Waals surface area contributed by atoms with Gasteiger partial charge in [0.25, 0.3) is 11.8 Å². The number of pyridine rings is 1. The van der Waals surface area contributed by atoms with Crippen LogP contribution in [0.1, 0.15) is 106 Å². The maximum atomic E-state index is 13.4. The number of allylic oxidation sites excluding steroid dienone is 4. The summed E-state index contributed by atoms with van der Waals surface area (Å²) in [6.07, 6.45) is 20.6. The Bertz CT molecular complexity index is 3110. The lowest BCUT2D eigenvalue weighted by atomic mass is 9.88. The van der Waals surface area contributed by atoms with Crippen molar-refractivity contribution in [3.05, 3.63) is 191 Å². The van der Waals surface area contributed by atoms with Crippen LogP contribution in [-0.4, -0.2) is 80.1 Å². The lowest BCUT2D eigenvalue weighted by molar-refractivity contribution is 0.101. The molecule has 4 aromatic carbocycles. The first kappa shape index (κ1) is 50.7. The highest BCUT2D eigenvalue weighted by Crippen LogP contribution is 2.32. The Kier molecular flexibility index (Phi) is 16.8. The Hall–Kier alpha value is -8.20. The molecule has 0 aliphatic carbocycles. The number of carbonyl (C=O) groups excluding carboxylic acids is 2. The summed E-state index contributed by atoms with van der Waals surface area (Å²) in [5, 5.41) is 24.3. The minimum absolute atomic E-state index is 0.190. The Morgan fingerprint density at radius 2 is 1.30 bits per heavy atom. The van der Waals surface area contributed by atoms with Crippen LogP contribution in [0.4, 0.5) is 34.6 Å². The number of nitrogens with zero attached hydrogens (tertiary/aromatic N) is 6. The molecule has 2 aliphatic rings. The molecular formula is C60H64N12O2. The smallest absolute Gasteiger partial charge is 0.255 e. The van der Waals surface area contributed by atoms with Gasteiger partial charge in [0.05, 0.1) is 11.4 Å². The monoisotopic (exact) mass is 985 g/mol. The van der Waals surface area contributed by atoms with Crippen LogP contribution in [0.15, 0.2) is 152 Å². The number of rotatable bonds is 18. The Balaban J connectivity index is 0.715. The lowest BCUT2D eigenvalue weighted by Gasteiger charge is -2.36. The van der Waals surface area contributed by atoms with Gasteiger partial charge in [-0.3, -0.25) is 14.6 Å². The fourth-order valence-corrected chi connectivity index (χ4v) is 9.62. The Morgan fingerprint density at radius 1 is 0.716 bits per heavy atom. The molecule has 7 aromatic rings. The number of benzene rings is 4. The predicted molar refractivity (Wildman–Crippen MR) is 298 cm³/mol. The number of nitrogens with one attached hydrogen (secondary N) is 6. The molecule has 1 unspecified atom stereocenters. The van der Waals surface area contributed by atoms with E-state index in [9.17, 15) is 9.59 Å². The molecule has 0 radical (unpaired) electrons. The van der Waals surface area contributed by atoms with Crippen molar-refractivity contribution in [3.63, 3.8) is 0 Å². The third kappa shape index (κ3) is 13.3. The van der Waals surface area contributed by atoms with Gasteiger partial charge >= 0.3 is 0 Å². The van der Waals surface area contributed by atoms with Crippen molar-refractivity contribution < 1.29 is 9.59 Å². The molecule has 2 amide bonds. The average molecular weight is 985 g/mol. The van der Waals surface area contributed by atoms with Crippen molar-refractivity contribution in [2.24, 2.45) is 0 Å². The zero-order chi connectivity index (χ0) is 51.2. The first-order valence-electron chi connectivity index (χ1n) is 25.6. The number of hydrogen-bond acceptors (Lipinski definition) is 12.